The number of unbranched alkanes of at least 4 members (excludes halogenated alkanes) is 1. The number of aliphatic imine (C=N–C) groups is 1. The van der Waals surface area contributed by atoms with Crippen molar-refractivity contribution < 1.29 is 22.8 Å². The number of guanidine groups is 1. The van der Waals surface area contributed by atoms with Crippen LogP contribution in [0.25, 0.3) is 0 Å². The van der Waals surface area contributed by atoms with Crippen LogP contribution in [-0.4, -0.2) is 68.6 Å². The summed E-state index contributed by atoms with van der Waals surface area (Å²) in [5.74, 6) is -2.24. The first-order chi connectivity index (χ1) is 19.5. The molecule has 0 spiro atoms. The van der Waals surface area contributed by atoms with Crippen LogP contribution in [0.5, 0.6) is 0 Å². The number of primary amides is 1. The van der Waals surface area contributed by atoms with Crippen molar-refractivity contribution in [2.45, 2.75) is 55.1 Å². The molecular formula is C27H40N8O5S. The van der Waals surface area contributed by atoms with Crippen LogP contribution in [0.2, 0.25) is 0 Å². The Balaban J connectivity index is 2.33. The Bertz CT molecular complexity index is 1270. The molecule has 14 heteroatoms. The molecule has 224 valence electrons. The summed E-state index contributed by atoms with van der Waals surface area (Å²) in [6.07, 6.45) is 1.63. The van der Waals surface area contributed by atoms with Gasteiger partial charge in [0.15, 0.2) is 5.96 Å². The van der Waals surface area contributed by atoms with E-state index in [2.05, 4.69) is 15.6 Å². The first-order valence-electron chi connectivity index (χ1n) is 13.2. The summed E-state index contributed by atoms with van der Waals surface area (Å²) in [7, 11) is -2.77. The van der Waals surface area contributed by atoms with E-state index in [0.29, 0.717) is 24.9 Å². The lowest BCUT2D eigenvalue weighted by molar-refractivity contribution is -0.132. The molecule has 13 nitrogen and oxygen atoms in total. The van der Waals surface area contributed by atoms with Gasteiger partial charge in [0.25, 0.3) is 0 Å². The molecule has 0 saturated carbocycles. The van der Waals surface area contributed by atoms with Gasteiger partial charge in [0, 0.05) is 13.6 Å². The van der Waals surface area contributed by atoms with E-state index >= 15 is 0 Å². The van der Waals surface area contributed by atoms with E-state index in [1.165, 1.54) is 19.2 Å². The van der Waals surface area contributed by atoms with E-state index in [0.717, 1.165) is 4.31 Å². The van der Waals surface area contributed by atoms with Gasteiger partial charge in [0.1, 0.15) is 18.1 Å². The Labute approximate surface area is 240 Å². The molecule has 41 heavy (non-hydrogen) atoms. The van der Waals surface area contributed by atoms with E-state index in [-0.39, 0.29) is 36.7 Å². The molecule has 0 aliphatic carbocycles. The third-order valence-electron chi connectivity index (χ3n) is 6.38. The molecule has 2 aromatic rings. The van der Waals surface area contributed by atoms with Crippen LogP contribution >= 0.6 is 0 Å². The van der Waals surface area contributed by atoms with E-state index in [4.69, 9.17) is 22.9 Å². The van der Waals surface area contributed by atoms with Gasteiger partial charge in [-0.2, -0.15) is 4.31 Å². The molecule has 0 fully saturated rings. The Morgan fingerprint density at radius 1 is 0.854 bits per heavy atom. The molecule has 0 aromatic heterocycles. The smallest absolute Gasteiger partial charge is 0.244 e. The fourth-order valence-electron chi connectivity index (χ4n) is 4.13. The van der Waals surface area contributed by atoms with Crippen LogP contribution < -0.4 is 33.6 Å². The summed E-state index contributed by atoms with van der Waals surface area (Å²) in [5, 5.41) is 5.31. The number of benzene rings is 2. The number of hydrogen-bond donors (Lipinski definition) is 6. The van der Waals surface area contributed by atoms with Crippen molar-refractivity contribution in [2.24, 2.45) is 27.9 Å². The SMILES string of the molecule is CN([C@@H](CCCN=C(N)N)C(=O)N[C@@H](CCCCN)C(=O)N[C@H](C(N)=O)c1ccccc1)S(=O)(=O)c1ccccc1. The molecule has 0 heterocycles. The van der Waals surface area contributed by atoms with Crippen LogP contribution in [0.3, 0.4) is 0 Å². The van der Waals surface area contributed by atoms with Crippen molar-refractivity contribution >= 4 is 33.7 Å². The summed E-state index contributed by atoms with van der Waals surface area (Å²) >= 11 is 0. The summed E-state index contributed by atoms with van der Waals surface area (Å²) in [6, 6.07) is 12.7. The third kappa shape index (κ3) is 10.2. The van der Waals surface area contributed by atoms with Crippen LogP contribution in [0.4, 0.5) is 0 Å². The molecule has 0 aliphatic rings. The lowest BCUT2D eigenvalue weighted by atomic mass is 10.0. The molecule has 3 amide bonds. The highest BCUT2D eigenvalue weighted by atomic mass is 32.2. The highest BCUT2D eigenvalue weighted by Gasteiger charge is 2.35. The number of amides is 3. The minimum Gasteiger partial charge on any atom is -0.370 e. The summed E-state index contributed by atoms with van der Waals surface area (Å²) in [4.78, 5) is 43.1. The maximum Gasteiger partial charge on any atom is 0.244 e. The molecule has 0 radical (unpaired) electrons. The summed E-state index contributed by atoms with van der Waals surface area (Å²) < 4.78 is 27.7. The molecule has 3 atom stereocenters. The molecule has 2 rings (SSSR count). The minimum atomic E-state index is -4.07. The normalized spacial score (nSPS) is 13.5. The maximum atomic E-state index is 13.6. The molecule has 0 saturated heterocycles. The number of sulfonamides is 1. The zero-order valence-electron chi connectivity index (χ0n) is 23.1. The Morgan fingerprint density at radius 2 is 1.46 bits per heavy atom. The maximum absolute atomic E-state index is 13.6. The van der Waals surface area contributed by atoms with Crippen molar-refractivity contribution in [3.63, 3.8) is 0 Å². The van der Waals surface area contributed by atoms with Gasteiger partial charge in [-0.05, 0) is 56.3 Å². The van der Waals surface area contributed by atoms with Crippen molar-refractivity contribution in [3.8, 4) is 0 Å². The summed E-state index contributed by atoms with van der Waals surface area (Å²) in [5.41, 5.74) is 22.4. The van der Waals surface area contributed by atoms with Crippen LogP contribution in [0.15, 0.2) is 70.6 Å². The van der Waals surface area contributed by atoms with E-state index in [1.54, 1.807) is 48.5 Å². The van der Waals surface area contributed by atoms with Gasteiger partial charge in [-0.25, -0.2) is 8.42 Å². The van der Waals surface area contributed by atoms with Gasteiger partial charge in [0.05, 0.1) is 4.90 Å². The first kappa shape index (κ1) is 33.2. The molecular weight excluding hydrogens is 548 g/mol. The minimum absolute atomic E-state index is 0.00826. The highest BCUT2D eigenvalue weighted by molar-refractivity contribution is 7.89. The number of carbonyl (C=O) groups excluding carboxylic acids is 3. The van der Waals surface area contributed by atoms with Gasteiger partial charge in [-0.1, -0.05) is 48.5 Å². The fraction of sp³-hybridized carbons (Fsp3) is 0.407. The second-order valence-corrected chi connectivity index (χ2v) is 11.4. The quantitative estimate of drug-likeness (QED) is 0.0813. The number of carbonyl (C=O) groups is 3. The molecule has 0 aliphatic heterocycles. The monoisotopic (exact) mass is 588 g/mol. The second-order valence-electron chi connectivity index (χ2n) is 9.40. The van der Waals surface area contributed by atoms with Gasteiger partial charge in [0.2, 0.25) is 27.7 Å². The average molecular weight is 589 g/mol. The number of nitrogens with one attached hydrogen (secondary N) is 2. The molecule has 0 unspecified atom stereocenters. The van der Waals surface area contributed by atoms with Gasteiger partial charge in [-0.3, -0.25) is 19.4 Å². The highest BCUT2D eigenvalue weighted by Crippen LogP contribution is 2.20. The van der Waals surface area contributed by atoms with Gasteiger partial charge in [-0.15, -0.1) is 0 Å². The molecule has 2 aromatic carbocycles. The second kappa shape index (κ2) is 16.3. The summed E-state index contributed by atoms with van der Waals surface area (Å²) in [6.45, 7) is 0.546. The Hall–Kier alpha value is -4.01. The van der Waals surface area contributed by atoms with E-state index in [9.17, 15) is 22.8 Å². The van der Waals surface area contributed by atoms with Gasteiger partial charge < -0.3 is 33.6 Å². The fourth-order valence-corrected chi connectivity index (χ4v) is 5.50. The van der Waals surface area contributed by atoms with Crippen molar-refractivity contribution in [3.05, 3.63) is 66.2 Å². The Kier molecular flexibility index (Phi) is 13.2. The van der Waals surface area contributed by atoms with Crippen LogP contribution in [-0.2, 0) is 24.4 Å². The first-order valence-corrected chi connectivity index (χ1v) is 14.7. The van der Waals surface area contributed by atoms with E-state index in [1.807, 2.05) is 0 Å². The topological polar surface area (TPSA) is 229 Å². The number of likely N-dealkylation sites (N-methyl/N-ethyl adjacent to an activating group) is 1. The largest absolute Gasteiger partial charge is 0.370 e. The number of nitrogens with zero attached hydrogens (tertiary/aromatic N) is 2. The van der Waals surface area contributed by atoms with Crippen molar-refractivity contribution in [1.29, 1.82) is 0 Å². The standard InChI is InChI=1S/C27H40N8O5S/c1-35(41(39,40)20-13-6-3-7-14-20)22(16-10-18-32-27(30)31)26(38)33-21(15-8-9-17-28)25(37)34-23(24(29)36)19-11-4-2-5-12-19/h2-7,11-14,21-23H,8-10,15-18,28H2,1H3,(H2,29,36)(H,33,38)(H,34,37)(H4,30,31,32)/t21-,22-,23-/m0/s1. The Morgan fingerprint density at radius 3 is 2.02 bits per heavy atom. The lowest BCUT2D eigenvalue weighted by Crippen LogP contribution is -2.55. The van der Waals surface area contributed by atoms with Crippen molar-refractivity contribution in [2.75, 3.05) is 20.1 Å². The number of nitrogens with two attached hydrogens (primary N) is 4. The zero-order valence-corrected chi connectivity index (χ0v) is 23.9. The third-order valence-corrected chi connectivity index (χ3v) is 8.26. The zero-order chi connectivity index (χ0) is 30.4. The van der Waals surface area contributed by atoms with Crippen LogP contribution in [0.1, 0.15) is 43.7 Å². The van der Waals surface area contributed by atoms with Crippen LogP contribution in [0, 0.1) is 0 Å². The number of rotatable bonds is 17. The van der Waals surface area contributed by atoms with Gasteiger partial charge >= 0.3 is 0 Å². The van der Waals surface area contributed by atoms with E-state index < -0.39 is 45.9 Å². The average Bonchev–Trinajstić information content (AvgIpc) is 2.95. The lowest BCUT2D eigenvalue weighted by Gasteiger charge is -2.29. The van der Waals surface area contributed by atoms with Crippen molar-refractivity contribution in [1.82, 2.24) is 14.9 Å². The molecule has 10 N–H and O–H groups in total. The predicted molar refractivity (Wildman–Crippen MR) is 156 cm³/mol. The number of hydrogen-bond acceptors (Lipinski definition) is 7. The molecule has 0 bridgehead atoms. The predicted octanol–water partition coefficient (Wildman–Crippen LogP) is -0.314.